The maximum absolute atomic E-state index is 13.2. The van der Waals surface area contributed by atoms with Gasteiger partial charge in [0.2, 0.25) is 0 Å². The number of hydrogen-bond donors (Lipinski definition) is 1. The van der Waals surface area contributed by atoms with Gasteiger partial charge < -0.3 is 19.6 Å². The van der Waals surface area contributed by atoms with Gasteiger partial charge in [-0.2, -0.15) is 0 Å². The van der Waals surface area contributed by atoms with E-state index in [-0.39, 0.29) is 11.3 Å². The third-order valence-electron chi connectivity index (χ3n) is 6.76. The van der Waals surface area contributed by atoms with E-state index in [0.717, 1.165) is 45.3 Å². The zero-order valence-corrected chi connectivity index (χ0v) is 22.1. The van der Waals surface area contributed by atoms with Crippen LogP contribution in [0.25, 0.3) is 5.76 Å². The Hall–Kier alpha value is -3.45. The normalized spacial score (nSPS) is 17.0. The Kier molecular flexibility index (Phi) is 10.4. The standard InChI is InChI=1S/C30H38N2O5/c1-4-6-18-31(19-7-5-2)20-11-21-32-26(22-14-16-24(17-15-22)30(36)37-3)25(28(34)29(32)35)27(33)23-12-9-8-10-13-23/h8-10,12-17,26,33H,4-7,11,18-21H2,1-3H3/b27-25+. The van der Waals surface area contributed by atoms with Gasteiger partial charge in [-0.25, -0.2) is 4.79 Å². The molecule has 0 radical (unpaired) electrons. The second-order valence-electron chi connectivity index (χ2n) is 9.37. The quantitative estimate of drug-likeness (QED) is 0.174. The summed E-state index contributed by atoms with van der Waals surface area (Å²) < 4.78 is 4.79. The molecule has 0 aliphatic carbocycles. The van der Waals surface area contributed by atoms with E-state index in [1.807, 2.05) is 6.07 Å². The van der Waals surface area contributed by atoms with E-state index in [2.05, 4.69) is 18.7 Å². The van der Waals surface area contributed by atoms with E-state index in [4.69, 9.17) is 4.74 Å². The predicted octanol–water partition coefficient (Wildman–Crippen LogP) is 5.19. The number of ether oxygens (including phenoxy) is 1. The van der Waals surface area contributed by atoms with Crippen LogP contribution in [0.1, 0.15) is 73.5 Å². The summed E-state index contributed by atoms with van der Waals surface area (Å²) in [4.78, 5) is 42.4. The molecule has 1 heterocycles. The number of esters is 1. The van der Waals surface area contributed by atoms with E-state index >= 15 is 0 Å². The molecular formula is C30H38N2O5. The van der Waals surface area contributed by atoms with Crippen LogP contribution in [0, 0.1) is 0 Å². The molecule has 1 fully saturated rings. The average molecular weight is 507 g/mol. The molecule has 1 atom stereocenters. The van der Waals surface area contributed by atoms with E-state index in [1.54, 1.807) is 53.4 Å². The van der Waals surface area contributed by atoms with Crippen LogP contribution in [0.3, 0.4) is 0 Å². The molecule has 2 aromatic rings. The van der Waals surface area contributed by atoms with Gasteiger partial charge in [0.1, 0.15) is 5.76 Å². The van der Waals surface area contributed by atoms with Crippen molar-refractivity contribution < 1.29 is 24.2 Å². The molecule has 1 amide bonds. The minimum atomic E-state index is -0.744. The molecule has 2 aromatic carbocycles. The molecule has 3 rings (SSSR count). The number of rotatable bonds is 13. The van der Waals surface area contributed by atoms with Crippen molar-refractivity contribution in [3.63, 3.8) is 0 Å². The summed E-state index contributed by atoms with van der Waals surface area (Å²) in [5, 5.41) is 11.1. The van der Waals surface area contributed by atoms with Crippen molar-refractivity contribution in [2.75, 3.05) is 33.3 Å². The number of carbonyl (C=O) groups excluding carboxylic acids is 3. The molecule has 1 N–H and O–H groups in total. The van der Waals surface area contributed by atoms with Gasteiger partial charge in [0.15, 0.2) is 0 Å². The smallest absolute Gasteiger partial charge is 0.337 e. The first kappa shape index (κ1) is 28.1. The molecular weight excluding hydrogens is 468 g/mol. The van der Waals surface area contributed by atoms with Crippen molar-refractivity contribution in [2.45, 2.75) is 52.0 Å². The molecule has 1 unspecified atom stereocenters. The van der Waals surface area contributed by atoms with Crippen molar-refractivity contribution in [1.82, 2.24) is 9.80 Å². The summed E-state index contributed by atoms with van der Waals surface area (Å²) in [5.41, 5.74) is 1.56. The molecule has 1 aliphatic rings. The van der Waals surface area contributed by atoms with Crippen LogP contribution in [0.15, 0.2) is 60.2 Å². The summed E-state index contributed by atoms with van der Waals surface area (Å²) in [5.74, 6) is -1.98. The number of aliphatic hydroxyl groups is 1. The van der Waals surface area contributed by atoms with Gasteiger partial charge in [0.25, 0.3) is 11.7 Å². The van der Waals surface area contributed by atoms with Gasteiger partial charge in [0, 0.05) is 12.1 Å². The fourth-order valence-corrected chi connectivity index (χ4v) is 4.69. The monoisotopic (exact) mass is 506 g/mol. The predicted molar refractivity (Wildman–Crippen MR) is 144 cm³/mol. The summed E-state index contributed by atoms with van der Waals surface area (Å²) in [7, 11) is 1.31. The topological polar surface area (TPSA) is 87.2 Å². The largest absolute Gasteiger partial charge is 0.507 e. The van der Waals surface area contributed by atoms with Crippen molar-refractivity contribution in [3.8, 4) is 0 Å². The molecule has 0 aromatic heterocycles. The van der Waals surface area contributed by atoms with Crippen LogP contribution in [0.4, 0.5) is 0 Å². The molecule has 198 valence electrons. The number of Topliss-reactive ketones (excluding diaryl/α,β-unsaturated/α-hetero) is 1. The second-order valence-corrected chi connectivity index (χ2v) is 9.37. The molecule has 0 saturated carbocycles. The van der Waals surface area contributed by atoms with E-state index in [9.17, 15) is 19.5 Å². The minimum Gasteiger partial charge on any atom is -0.507 e. The van der Waals surface area contributed by atoms with Crippen molar-refractivity contribution in [2.24, 2.45) is 0 Å². The first-order chi connectivity index (χ1) is 17.9. The van der Waals surface area contributed by atoms with E-state index in [1.165, 1.54) is 7.11 Å². The van der Waals surface area contributed by atoms with Gasteiger partial charge in [-0.3, -0.25) is 9.59 Å². The number of carbonyl (C=O) groups is 3. The van der Waals surface area contributed by atoms with Gasteiger partial charge in [0.05, 0.1) is 24.3 Å². The highest BCUT2D eigenvalue weighted by molar-refractivity contribution is 6.46. The van der Waals surface area contributed by atoms with Crippen molar-refractivity contribution >= 4 is 23.4 Å². The highest BCUT2D eigenvalue weighted by Gasteiger charge is 2.45. The van der Waals surface area contributed by atoms with E-state index < -0.39 is 23.7 Å². The Balaban J connectivity index is 1.92. The number of likely N-dealkylation sites (tertiary alicyclic amines) is 1. The highest BCUT2D eigenvalue weighted by Crippen LogP contribution is 2.39. The zero-order chi connectivity index (χ0) is 26.8. The number of benzene rings is 2. The molecule has 1 saturated heterocycles. The Morgan fingerprint density at radius 3 is 2.05 bits per heavy atom. The number of aliphatic hydroxyl groups excluding tert-OH is 1. The summed E-state index contributed by atoms with van der Waals surface area (Å²) >= 11 is 0. The van der Waals surface area contributed by atoms with Crippen molar-refractivity contribution in [1.29, 1.82) is 0 Å². The second kappa shape index (κ2) is 13.7. The number of ketones is 1. The Bertz CT molecular complexity index is 1090. The summed E-state index contributed by atoms with van der Waals surface area (Å²) in [6, 6.07) is 14.7. The number of unbranched alkanes of at least 4 members (excludes halogenated alkanes) is 2. The first-order valence-electron chi connectivity index (χ1n) is 13.2. The third kappa shape index (κ3) is 6.86. The molecule has 0 bridgehead atoms. The summed E-state index contributed by atoms with van der Waals surface area (Å²) in [6.45, 7) is 7.60. The van der Waals surface area contributed by atoms with Crippen LogP contribution in [-0.2, 0) is 14.3 Å². The van der Waals surface area contributed by atoms with Crippen LogP contribution in [0.5, 0.6) is 0 Å². The number of nitrogens with zero attached hydrogens (tertiary/aromatic N) is 2. The fourth-order valence-electron chi connectivity index (χ4n) is 4.69. The maximum Gasteiger partial charge on any atom is 0.337 e. The van der Waals surface area contributed by atoms with Gasteiger partial charge in [-0.15, -0.1) is 0 Å². The van der Waals surface area contributed by atoms with Crippen molar-refractivity contribution in [3.05, 3.63) is 76.9 Å². The first-order valence-corrected chi connectivity index (χ1v) is 13.2. The van der Waals surface area contributed by atoms with Crippen LogP contribution in [-0.4, -0.2) is 65.9 Å². The number of methoxy groups -OCH3 is 1. The fraction of sp³-hybridized carbons (Fsp3) is 0.433. The van der Waals surface area contributed by atoms with Gasteiger partial charge >= 0.3 is 5.97 Å². The average Bonchev–Trinajstić information content (AvgIpc) is 3.18. The highest BCUT2D eigenvalue weighted by atomic mass is 16.5. The Labute approximate surface area is 219 Å². The van der Waals surface area contributed by atoms with Crippen LogP contribution < -0.4 is 0 Å². The molecule has 37 heavy (non-hydrogen) atoms. The van der Waals surface area contributed by atoms with E-state index in [0.29, 0.717) is 29.7 Å². The third-order valence-corrected chi connectivity index (χ3v) is 6.76. The lowest BCUT2D eigenvalue weighted by molar-refractivity contribution is -0.140. The Morgan fingerprint density at radius 2 is 1.49 bits per heavy atom. The maximum atomic E-state index is 13.2. The minimum absolute atomic E-state index is 0.0656. The molecule has 7 heteroatoms. The SMILES string of the molecule is CCCCN(CCCC)CCCN1C(=O)C(=O)/C(=C(/O)c2ccccc2)C1c1ccc(C(=O)OC)cc1. The zero-order valence-electron chi connectivity index (χ0n) is 22.1. The molecule has 7 nitrogen and oxygen atoms in total. The number of amides is 1. The lowest BCUT2D eigenvalue weighted by Gasteiger charge is -2.27. The summed E-state index contributed by atoms with van der Waals surface area (Å²) in [6.07, 6.45) is 5.20. The van der Waals surface area contributed by atoms with Crippen LogP contribution >= 0.6 is 0 Å². The lowest BCUT2D eigenvalue weighted by atomic mass is 9.94. The van der Waals surface area contributed by atoms with Gasteiger partial charge in [-0.05, 0) is 56.6 Å². The molecule has 1 aliphatic heterocycles. The Morgan fingerprint density at radius 1 is 0.892 bits per heavy atom. The number of hydrogen-bond acceptors (Lipinski definition) is 6. The van der Waals surface area contributed by atoms with Gasteiger partial charge in [-0.1, -0.05) is 69.2 Å². The van der Waals surface area contributed by atoms with Crippen LogP contribution in [0.2, 0.25) is 0 Å². The molecule has 0 spiro atoms. The lowest BCUT2D eigenvalue weighted by Crippen LogP contribution is -2.34.